The first-order valence-electron chi connectivity index (χ1n) is 12.1. The van der Waals surface area contributed by atoms with Crippen molar-refractivity contribution in [2.24, 2.45) is 5.92 Å². The molecule has 39 heavy (non-hydrogen) atoms. The zero-order valence-corrected chi connectivity index (χ0v) is 26.8. The summed E-state index contributed by atoms with van der Waals surface area (Å²) in [7, 11) is 0. The minimum Gasteiger partial charge on any atom is -0.457 e. The van der Waals surface area contributed by atoms with Crippen molar-refractivity contribution >= 4 is 77.1 Å². The second-order valence-corrected chi connectivity index (χ2v) is 12.5. The maximum Gasteiger partial charge on any atom is 0.303 e. The molecular formula is C31H26Br3NO3S. The first kappa shape index (κ1) is 29.6. The van der Waals surface area contributed by atoms with Gasteiger partial charge in [0.2, 0.25) is 5.91 Å². The molecule has 0 aliphatic heterocycles. The smallest absolute Gasteiger partial charge is 0.303 e. The second kappa shape index (κ2) is 13.8. The predicted molar refractivity (Wildman–Crippen MR) is 169 cm³/mol. The molecule has 0 heterocycles. The first-order valence-corrected chi connectivity index (χ1v) is 15.7. The molecule has 0 spiro atoms. The molecule has 0 fully saturated rings. The standard InChI is InChI=1S/C31H26Br3NO3S/c1-19(36)38-30(22-11-17-25(34)18-12-22)29(31(37)35-26-5-3-4-6-27(26)39-2)28(20-7-13-23(32)14-8-20)21-9-15-24(33)16-10-21/h3-18,28-30H,1-2H3,(H,35,37). The molecule has 0 aliphatic rings. The molecule has 0 saturated heterocycles. The number of carbonyl (C=O) groups excluding carboxylic acids is 2. The number of rotatable bonds is 9. The number of nitrogens with one attached hydrogen (secondary N) is 1. The third-order valence-corrected chi connectivity index (χ3v) is 8.68. The fourth-order valence-electron chi connectivity index (χ4n) is 4.55. The van der Waals surface area contributed by atoms with Gasteiger partial charge in [0.25, 0.3) is 0 Å². The fraction of sp³-hybridized carbons (Fsp3) is 0.161. The SMILES string of the molecule is CSc1ccccc1NC(=O)C(C(OC(C)=O)c1ccc(Br)cc1)C(c1ccc(Br)cc1)c1ccc(Br)cc1. The van der Waals surface area contributed by atoms with Gasteiger partial charge in [-0.1, -0.05) is 96.3 Å². The largest absolute Gasteiger partial charge is 0.457 e. The summed E-state index contributed by atoms with van der Waals surface area (Å²) in [6.07, 6.45) is 1.12. The summed E-state index contributed by atoms with van der Waals surface area (Å²) >= 11 is 12.1. The van der Waals surface area contributed by atoms with Crippen molar-refractivity contribution in [2.45, 2.75) is 23.8 Å². The van der Waals surface area contributed by atoms with Crippen molar-refractivity contribution in [2.75, 3.05) is 11.6 Å². The summed E-state index contributed by atoms with van der Waals surface area (Å²) < 4.78 is 8.74. The van der Waals surface area contributed by atoms with Crippen LogP contribution in [0.25, 0.3) is 0 Å². The number of amides is 1. The van der Waals surface area contributed by atoms with Gasteiger partial charge in [0, 0.05) is 31.2 Å². The van der Waals surface area contributed by atoms with Crippen molar-refractivity contribution in [1.82, 2.24) is 0 Å². The van der Waals surface area contributed by atoms with Crippen molar-refractivity contribution < 1.29 is 14.3 Å². The highest BCUT2D eigenvalue weighted by Gasteiger charge is 2.40. The van der Waals surface area contributed by atoms with E-state index in [9.17, 15) is 9.59 Å². The van der Waals surface area contributed by atoms with Crippen molar-refractivity contribution in [1.29, 1.82) is 0 Å². The van der Waals surface area contributed by atoms with Gasteiger partial charge >= 0.3 is 5.97 Å². The predicted octanol–water partition coefficient (Wildman–Crippen LogP) is 9.39. The van der Waals surface area contributed by atoms with E-state index < -0.39 is 23.9 Å². The molecule has 2 atom stereocenters. The van der Waals surface area contributed by atoms with Crippen molar-refractivity contribution in [3.8, 4) is 0 Å². The maximum atomic E-state index is 14.4. The quantitative estimate of drug-likeness (QED) is 0.138. The molecule has 1 N–H and O–H groups in total. The summed E-state index contributed by atoms with van der Waals surface area (Å²) in [6.45, 7) is 1.37. The topological polar surface area (TPSA) is 55.4 Å². The third kappa shape index (κ3) is 7.63. The van der Waals surface area contributed by atoms with E-state index >= 15 is 0 Å². The third-order valence-electron chi connectivity index (χ3n) is 6.30. The van der Waals surface area contributed by atoms with Gasteiger partial charge in [-0.05, 0) is 71.5 Å². The lowest BCUT2D eigenvalue weighted by Crippen LogP contribution is -2.36. The summed E-state index contributed by atoms with van der Waals surface area (Å²) in [5, 5.41) is 3.16. The number of anilines is 1. The van der Waals surface area contributed by atoms with Gasteiger partial charge in [-0.2, -0.15) is 0 Å². The Morgan fingerprint density at radius 3 is 1.64 bits per heavy atom. The van der Waals surface area contributed by atoms with Crippen LogP contribution in [-0.2, 0) is 14.3 Å². The zero-order chi connectivity index (χ0) is 27.9. The van der Waals surface area contributed by atoms with Crippen LogP contribution in [0, 0.1) is 5.92 Å². The van der Waals surface area contributed by atoms with E-state index in [1.807, 2.05) is 103 Å². The summed E-state index contributed by atoms with van der Waals surface area (Å²) in [5.41, 5.74) is 3.29. The molecule has 200 valence electrons. The molecule has 0 aromatic heterocycles. The van der Waals surface area contributed by atoms with Gasteiger partial charge in [0.1, 0.15) is 6.10 Å². The number of ether oxygens (including phenoxy) is 1. The van der Waals surface area contributed by atoms with Crippen LogP contribution in [0.1, 0.15) is 35.6 Å². The first-order chi connectivity index (χ1) is 18.8. The normalized spacial score (nSPS) is 12.6. The molecule has 4 aromatic rings. The molecule has 4 aromatic carbocycles. The second-order valence-electron chi connectivity index (χ2n) is 8.88. The van der Waals surface area contributed by atoms with Gasteiger partial charge in [0.05, 0.1) is 11.6 Å². The molecule has 0 bridgehead atoms. The molecule has 0 saturated carbocycles. The van der Waals surface area contributed by atoms with Gasteiger partial charge < -0.3 is 10.1 Å². The van der Waals surface area contributed by atoms with Crippen LogP contribution in [0.4, 0.5) is 5.69 Å². The Bertz CT molecular complexity index is 1380. The summed E-state index contributed by atoms with van der Waals surface area (Å²) in [6, 6.07) is 31.1. The molecule has 8 heteroatoms. The lowest BCUT2D eigenvalue weighted by molar-refractivity contribution is -0.151. The Balaban J connectivity index is 1.93. The number of thioether (sulfide) groups is 1. The Labute approximate surface area is 258 Å². The van der Waals surface area contributed by atoms with E-state index in [1.165, 1.54) is 6.92 Å². The number of halogens is 3. The van der Waals surface area contributed by atoms with Gasteiger partial charge in [-0.25, -0.2) is 0 Å². The number of hydrogen-bond donors (Lipinski definition) is 1. The number of benzene rings is 4. The maximum absolute atomic E-state index is 14.4. The van der Waals surface area contributed by atoms with Crippen LogP contribution in [-0.4, -0.2) is 18.1 Å². The average Bonchev–Trinajstić information content (AvgIpc) is 2.92. The minimum atomic E-state index is -0.852. The van der Waals surface area contributed by atoms with E-state index in [-0.39, 0.29) is 5.91 Å². The molecule has 4 nitrogen and oxygen atoms in total. The molecule has 4 rings (SSSR count). The van der Waals surface area contributed by atoms with E-state index in [1.54, 1.807) is 11.8 Å². The Morgan fingerprint density at radius 1 is 0.718 bits per heavy atom. The van der Waals surface area contributed by atoms with Crippen LogP contribution in [0.2, 0.25) is 0 Å². The lowest BCUT2D eigenvalue weighted by Gasteiger charge is -2.33. The number of para-hydroxylation sites is 1. The number of hydrogen-bond acceptors (Lipinski definition) is 4. The highest BCUT2D eigenvalue weighted by molar-refractivity contribution is 9.11. The molecule has 2 unspecified atom stereocenters. The van der Waals surface area contributed by atoms with E-state index in [0.717, 1.165) is 35.0 Å². The fourth-order valence-corrected chi connectivity index (χ4v) is 5.90. The van der Waals surface area contributed by atoms with Crippen LogP contribution in [0.15, 0.2) is 115 Å². The van der Waals surface area contributed by atoms with Gasteiger partial charge in [-0.3, -0.25) is 9.59 Å². The lowest BCUT2D eigenvalue weighted by atomic mass is 9.75. The Morgan fingerprint density at radius 2 is 1.18 bits per heavy atom. The zero-order valence-electron chi connectivity index (χ0n) is 21.2. The minimum absolute atomic E-state index is 0.249. The highest BCUT2D eigenvalue weighted by atomic mass is 79.9. The van der Waals surface area contributed by atoms with E-state index in [2.05, 4.69) is 53.1 Å². The van der Waals surface area contributed by atoms with E-state index in [4.69, 9.17) is 4.74 Å². The monoisotopic (exact) mass is 729 g/mol. The number of carbonyl (C=O) groups is 2. The van der Waals surface area contributed by atoms with Crippen LogP contribution in [0.5, 0.6) is 0 Å². The summed E-state index contributed by atoms with van der Waals surface area (Å²) in [4.78, 5) is 27.9. The number of esters is 1. The van der Waals surface area contributed by atoms with Crippen LogP contribution in [0.3, 0.4) is 0 Å². The Hall–Kier alpha value is -2.39. The van der Waals surface area contributed by atoms with Gasteiger partial charge in [0.15, 0.2) is 0 Å². The Kier molecular flexibility index (Phi) is 10.5. The molecule has 0 aliphatic carbocycles. The van der Waals surface area contributed by atoms with Gasteiger partial charge in [-0.15, -0.1) is 11.8 Å². The summed E-state index contributed by atoms with van der Waals surface area (Å²) in [5.74, 6) is -1.94. The van der Waals surface area contributed by atoms with Crippen LogP contribution >= 0.6 is 59.6 Å². The average molecular weight is 732 g/mol. The van der Waals surface area contributed by atoms with E-state index in [0.29, 0.717) is 5.69 Å². The van der Waals surface area contributed by atoms with Crippen molar-refractivity contribution in [3.63, 3.8) is 0 Å². The molecular weight excluding hydrogens is 706 g/mol. The molecule has 0 radical (unpaired) electrons. The molecule has 1 amide bonds. The van der Waals surface area contributed by atoms with Crippen molar-refractivity contribution in [3.05, 3.63) is 127 Å². The van der Waals surface area contributed by atoms with Crippen LogP contribution < -0.4 is 5.32 Å². The highest BCUT2D eigenvalue weighted by Crippen LogP contribution is 2.43.